The molecule has 2 amide bonds. The fourth-order valence-corrected chi connectivity index (χ4v) is 2.83. The molecule has 0 spiro atoms. The highest BCUT2D eigenvalue weighted by Crippen LogP contribution is 2.17. The number of hydrogen-bond donors (Lipinski definition) is 1. The second kappa shape index (κ2) is 6.47. The highest BCUT2D eigenvalue weighted by Gasteiger charge is 2.17. The Balaban J connectivity index is 1.82. The van der Waals surface area contributed by atoms with Crippen LogP contribution in [0.25, 0.3) is 0 Å². The van der Waals surface area contributed by atoms with E-state index in [-0.39, 0.29) is 5.91 Å². The van der Waals surface area contributed by atoms with Crippen LogP contribution in [0.5, 0.6) is 5.75 Å². The lowest BCUT2D eigenvalue weighted by Crippen LogP contribution is -2.27. The Morgan fingerprint density at radius 2 is 2.05 bits per heavy atom. The molecule has 2 N–H and O–H groups in total. The molecule has 1 fully saturated rings. The SMILES string of the molecule is NC(=O)Oc1ccc(CCC(=O)N2CCSC2)cc1. The number of ether oxygens (including phenoxy) is 1. The van der Waals surface area contributed by atoms with Crippen LogP contribution in [0, 0.1) is 0 Å². The first-order valence-electron chi connectivity index (χ1n) is 6.07. The van der Waals surface area contributed by atoms with Crippen molar-refractivity contribution < 1.29 is 14.3 Å². The summed E-state index contributed by atoms with van der Waals surface area (Å²) < 4.78 is 4.74. The number of rotatable bonds is 4. The van der Waals surface area contributed by atoms with Gasteiger partial charge in [0, 0.05) is 18.7 Å². The lowest BCUT2D eigenvalue weighted by atomic mass is 10.1. The van der Waals surface area contributed by atoms with Gasteiger partial charge in [-0.05, 0) is 24.1 Å². The first kappa shape index (κ1) is 13.7. The summed E-state index contributed by atoms with van der Waals surface area (Å²) in [5.41, 5.74) is 5.96. The van der Waals surface area contributed by atoms with Crippen molar-refractivity contribution in [3.05, 3.63) is 29.8 Å². The van der Waals surface area contributed by atoms with Gasteiger partial charge >= 0.3 is 6.09 Å². The molecule has 5 nitrogen and oxygen atoms in total. The normalized spacial score (nSPS) is 14.4. The molecule has 2 rings (SSSR count). The molecule has 1 aromatic rings. The van der Waals surface area contributed by atoms with Crippen molar-refractivity contribution in [2.45, 2.75) is 12.8 Å². The number of primary amides is 1. The minimum Gasteiger partial charge on any atom is -0.411 e. The number of hydrogen-bond acceptors (Lipinski definition) is 4. The van der Waals surface area contributed by atoms with Crippen molar-refractivity contribution in [1.29, 1.82) is 0 Å². The number of benzene rings is 1. The molecule has 0 aromatic heterocycles. The molecule has 1 aromatic carbocycles. The second-order valence-corrected chi connectivity index (χ2v) is 5.33. The van der Waals surface area contributed by atoms with Gasteiger partial charge < -0.3 is 15.4 Å². The van der Waals surface area contributed by atoms with Crippen molar-refractivity contribution in [3.8, 4) is 5.75 Å². The molecule has 0 atom stereocenters. The number of nitrogens with two attached hydrogens (primary N) is 1. The van der Waals surface area contributed by atoms with E-state index in [4.69, 9.17) is 10.5 Å². The summed E-state index contributed by atoms with van der Waals surface area (Å²) in [6.07, 6.45) is 0.377. The number of nitrogens with zero attached hydrogens (tertiary/aromatic N) is 1. The van der Waals surface area contributed by atoms with Crippen molar-refractivity contribution in [2.24, 2.45) is 5.73 Å². The number of carbonyl (C=O) groups excluding carboxylic acids is 2. The monoisotopic (exact) mass is 280 g/mol. The molecule has 6 heteroatoms. The molecule has 0 unspecified atom stereocenters. The van der Waals surface area contributed by atoms with Crippen molar-refractivity contribution in [2.75, 3.05) is 18.2 Å². The molecule has 102 valence electrons. The summed E-state index contributed by atoms with van der Waals surface area (Å²) in [5.74, 6) is 2.45. The molecule has 19 heavy (non-hydrogen) atoms. The zero-order valence-corrected chi connectivity index (χ0v) is 11.3. The topological polar surface area (TPSA) is 72.6 Å². The molecule has 0 saturated carbocycles. The van der Waals surface area contributed by atoms with Gasteiger partial charge in [0.2, 0.25) is 5.91 Å². The van der Waals surface area contributed by atoms with Crippen LogP contribution in [-0.4, -0.2) is 35.1 Å². The first-order valence-corrected chi connectivity index (χ1v) is 7.22. The van der Waals surface area contributed by atoms with Crippen molar-refractivity contribution >= 4 is 23.8 Å². The quantitative estimate of drug-likeness (QED) is 0.909. The summed E-state index contributed by atoms with van der Waals surface area (Å²) >= 11 is 1.78. The van der Waals surface area contributed by atoms with Gasteiger partial charge in [0.05, 0.1) is 5.88 Å². The highest BCUT2D eigenvalue weighted by molar-refractivity contribution is 7.99. The zero-order chi connectivity index (χ0) is 13.7. The van der Waals surface area contributed by atoms with Gasteiger partial charge in [0.1, 0.15) is 5.75 Å². The average molecular weight is 280 g/mol. The van der Waals surface area contributed by atoms with Gasteiger partial charge in [-0.2, -0.15) is 0 Å². The van der Waals surface area contributed by atoms with Gasteiger partial charge in [0.25, 0.3) is 0 Å². The number of amides is 2. The molecule has 0 aliphatic carbocycles. The maximum Gasteiger partial charge on any atom is 0.409 e. The summed E-state index contributed by atoms with van der Waals surface area (Å²) in [7, 11) is 0. The number of aryl methyl sites for hydroxylation is 1. The zero-order valence-electron chi connectivity index (χ0n) is 10.5. The van der Waals surface area contributed by atoms with Crippen molar-refractivity contribution in [1.82, 2.24) is 4.90 Å². The molecule has 0 bridgehead atoms. The molecule has 1 heterocycles. The Labute approximate surface area is 116 Å². The van der Waals surface area contributed by atoms with E-state index in [0.29, 0.717) is 18.6 Å². The summed E-state index contributed by atoms with van der Waals surface area (Å²) in [6.45, 7) is 0.856. The van der Waals surface area contributed by atoms with Crippen LogP contribution in [0.1, 0.15) is 12.0 Å². The maximum absolute atomic E-state index is 11.9. The highest BCUT2D eigenvalue weighted by atomic mass is 32.2. The summed E-state index contributed by atoms with van der Waals surface area (Å²) in [5, 5.41) is 0. The van der Waals surface area contributed by atoms with E-state index in [2.05, 4.69) is 0 Å². The van der Waals surface area contributed by atoms with Crippen LogP contribution in [0.15, 0.2) is 24.3 Å². The second-order valence-electron chi connectivity index (χ2n) is 4.26. The van der Waals surface area contributed by atoms with Crippen LogP contribution in [0.2, 0.25) is 0 Å². The molecule has 0 radical (unpaired) electrons. The first-order chi connectivity index (χ1) is 9.15. The smallest absolute Gasteiger partial charge is 0.409 e. The lowest BCUT2D eigenvalue weighted by Gasteiger charge is -2.14. The van der Waals surface area contributed by atoms with Gasteiger partial charge in [-0.3, -0.25) is 4.79 Å². The van der Waals surface area contributed by atoms with E-state index in [1.54, 1.807) is 23.9 Å². The minimum absolute atomic E-state index is 0.197. The molecule has 1 aliphatic rings. The fraction of sp³-hybridized carbons (Fsp3) is 0.385. The Morgan fingerprint density at radius 1 is 1.32 bits per heavy atom. The molecular weight excluding hydrogens is 264 g/mol. The number of carbonyl (C=O) groups is 2. The predicted octanol–water partition coefficient (Wildman–Crippen LogP) is 1.61. The van der Waals surface area contributed by atoms with E-state index in [0.717, 1.165) is 23.7 Å². The summed E-state index contributed by atoms with van der Waals surface area (Å²) in [6, 6.07) is 7.03. The summed E-state index contributed by atoms with van der Waals surface area (Å²) in [4.78, 5) is 24.3. The van der Waals surface area contributed by atoms with Crippen molar-refractivity contribution in [3.63, 3.8) is 0 Å². The van der Waals surface area contributed by atoms with Crippen LogP contribution >= 0.6 is 11.8 Å². The molecule has 1 aliphatic heterocycles. The van der Waals surface area contributed by atoms with E-state index in [9.17, 15) is 9.59 Å². The Hall–Kier alpha value is -1.69. The maximum atomic E-state index is 11.9. The van der Waals surface area contributed by atoms with Gasteiger partial charge in [-0.15, -0.1) is 11.8 Å². The Bertz CT molecular complexity index is 455. The minimum atomic E-state index is -0.825. The van der Waals surface area contributed by atoms with E-state index < -0.39 is 6.09 Å². The van der Waals surface area contributed by atoms with Gasteiger partial charge in [-0.1, -0.05) is 12.1 Å². The molecule has 1 saturated heterocycles. The van der Waals surface area contributed by atoms with Gasteiger partial charge in [0.15, 0.2) is 0 Å². The molecular formula is C13H16N2O3S. The van der Waals surface area contributed by atoms with Crippen LogP contribution in [-0.2, 0) is 11.2 Å². The predicted molar refractivity (Wildman–Crippen MR) is 74.0 cm³/mol. The third-order valence-electron chi connectivity index (χ3n) is 2.87. The van der Waals surface area contributed by atoms with E-state index in [1.807, 2.05) is 17.0 Å². The van der Waals surface area contributed by atoms with Crippen LogP contribution < -0.4 is 10.5 Å². The Kier molecular flexibility index (Phi) is 4.68. The third-order valence-corrected chi connectivity index (χ3v) is 3.84. The van der Waals surface area contributed by atoms with Gasteiger partial charge in [-0.25, -0.2) is 4.79 Å². The van der Waals surface area contributed by atoms with E-state index >= 15 is 0 Å². The Morgan fingerprint density at radius 3 is 2.63 bits per heavy atom. The fourth-order valence-electron chi connectivity index (χ4n) is 1.86. The third kappa shape index (κ3) is 4.17. The average Bonchev–Trinajstić information content (AvgIpc) is 2.91. The standard InChI is InChI=1S/C13H16N2O3S/c14-13(17)18-11-4-1-10(2-5-11)3-6-12(16)15-7-8-19-9-15/h1-2,4-5H,3,6-9H2,(H2,14,17). The number of thioether (sulfide) groups is 1. The van der Waals surface area contributed by atoms with Crippen LogP contribution in [0.3, 0.4) is 0 Å². The van der Waals surface area contributed by atoms with Crippen LogP contribution in [0.4, 0.5) is 4.79 Å². The van der Waals surface area contributed by atoms with E-state index in [1.165, 1.54) is 0 Å². The lowest BCUT2D eigenvalue weighted by molar-refractivity contribution is -0.129. The largest absolute Gasteiger partial charge is 0.411 e.